The maximum atomic E-state index is 12.6. The van der Waals surface area contributed by atoms with Crippen molar-refractivity contribution < 1.29 is 17.9 Å². The summed E-state index contributed by atoms with van der Waals surface area (Å²) in [7, 11) is -3.68. The van der Waals surface area contributed by atoms with Crippen molar-refractivity contribution in [3.8, 4) is 5.75 Å². The normalized spacial score (nSPS) is 14.8. The van der Waals surface area contributed by atoms with E-state index in [1.165, 1.54) is 6.42 Å². The Hall–Kier alpha value is -2.06. The number of nitrogens with zero attached hydrogens (tertiary/aromatic N) is 1. The van der Waals surface area contributed by atoms with Crippen LogP contribution in [0.15, 0.2) is 40.6 Å². The third-order valence-corrected chi connectivity index (χ3v) is 7.31. The lowest BCUT2D eigenvalue weighted by molar-refractivity contribution is -0.131. The lowest BCUT2D eigenvalue weighted by atomic mass is 10.1. The molecule has 27 heavy (non-hydrogen) atoms. The number of anilines is 1. The molecule has 146 valence electrons. The molecule has 1 fully saturated rings. The second-order valence-electron chi connectivity index (χ2n) is 6.40. The van der Waals surface area contributed by atoms with Crippen LogP contribution in [0.1, 0.15) is 31.1 Å². The number of thiophene rings is 1. The quantitative estimate of drug-likeness (QED) is 0.761. The summed E-state index contributed by atoms with van der Waals surface area (Å²) in [6.45, 7) is 4.05. The molecule has 0 unspecified atom stereocenters. The Kier molecular flexibility index (Phi) is 6.38. The summed E-state index contributed by atoms with van der Waals surface area (Å²) in [6.07, 6.45) is 3.51. The number of hydrogen-bond acceptors (Lipinski definition) is 5. The van der Waals surface area contributed by atoms with Gasteiger partial charge in [0.25, 0.3) is 10.0 Å². The zero-order valence-electron chi connectivity index (χ0n) is 15.3. The molecule has 1 amide bonds. The molecule has 0 radical (unpaired) electrons. The topological polar surface area (TPSA) is 75.7 Å². The number of benzene rings is 1. The van der Waals surface area contributed by atoms with Crippen molar-refractivity contribution in [2.75, 3.05) is 24.4 Å². The van der Waals surface area contributed by atoms with E-state index in [4.69, 9.17) is 4.74 Å². The molecule has 0 atom stereocenters. The lowest BCUT2D eigenvalue weighted by Crippen LogP contribution is -2.36. The summed E-state index contributed by atoms with van der Waals surface area (Å²) in [5, 5.41) is 0. The van der Waals surface area contributed by atoms with E-state index >= 15 is 0 Å². The van der Waals surface area contributed by atoms with Crippen molar-refractivity contribution in [3.63, 3.8) is 0 Å². The molecule has 0 bridgehead atoms. The van der Waals surface area contributed by atoms with Gasteiger partial charge in [0.1, 0.15) is 9.96 Å². The Morgan fingerprint density at radius 2 is 1.81 bits per heavy atom. The Labute approximate surface area is 164 Å². The van der Waals surface area contributed by atoms with Gasteiger partial charge in [0, 0.05) is 23.7 Å². The van der Waals surface area contributed by atoms with E-state index in [1.807, 2.05) is 11.8 Å². The summed E-state index contributed by atoms with van der Waals surface area (Å²) in [5.41, 5.74) is 0.470. The second kappa shape index (κ2) is 8.75. The Morgan fingerprint density at radius 1 is 1.11 bits per heavy atom. The molecule has 0 spiro atoms. The number of nitrogens with one attached hydrogen (secondary N) is 1. The molecule has 1 aliphatic heterocycles. The van der Waals surface area contributed by atoms with Crippen LogP contribution >= 0.6 is 11.3 Å². The molecule has 1 aliphatic rings. The third kappa shape index (κ3) is 5.23. The smallest absolute Gasteiger partial charge is 0.271 e. The first-order valence-electron chi connectivity index (χ1n) is 9.10. The minimum Gasteiger partial charge on any atom is -0.494 e. The number of hydrogen-bond donors (Lipinski definition) is 1. The van der Waals surface area contributed by atoms with Crippen LogP contribution in [0.2, 0.25) is 0 Å². The number of carbonyl (C=O) groups is 1. The number of likely N-dealkylation sites (tertiary alicyclic amines) is 1. The summed E-state index contributed by atoms with van der Waals surface area (Å²) >= 11 is 1.14. The molecule has 1 aromatic heterocycles. The van der Waals surface area contributed by atoms with Crippen LogP contribution in [-0.4, -0.2) is 38.9 Å². The summed E-state index contributed by atoms with van der Waals surface area (Å²) in [6, 6.07) is 10.0. The van der Waals surface area contributed by atoms with Crippen molar-refractivity contribution in [3.05, 3.63) is 41.3 Å². The molecular weight excluding hydrogens is 384 g/mol. The van der Waals surface area contributed by atoms with E-state index in [9.17, 15) is 13.2 Å². The van der Waals surface area contributed by atoms with Gasteiger partial charge in [-0.3, -0.25) is 9.52 Å². The maximum absolute atomic E-state index is 12.6. The molecule has 6 nitrogen and oxygen atoms in total. The summed E-state index contributed by atoms with van der Waals surface area (Å²) in [4.78, 5) is 15.0. The van der Waals surface area contributed by atoms with Crippen molar-refractivity contribution in [1.82, 2.24) is 4.90 Å². The fourth-order valence-electron chi connectivity index (χ4n) is 2.99. The number of rotatable bonds is 7. The Bertz CT molecular complexity index is 869. The minimum atomic E-state index is -3.68. The van der Waals surface area contributed by atoms with E-state index in [1.54, 1.807) is 36.4 Å². The van der Waals surface area contributed by atoms with Gasteiger partial charge in [-0.25, -0.2) is 8.42 Å². The van der Waals surface area contributed by atoms with Crippen LogP contribution in [0.4, 0.5) is 5.69 Å². The van der Waals surface area contributed by atoms with Gasteiger partial charge in [-0.15, -0.1) is 11.3 Å². The second-order valence-corrected chi connectivity index (χ2v) is 9.48. The molecule has 0 saturated carbocycles. The van der Waals surface area contributed by atoms with Gasteiger partial charge in [-0.1, -0.05) is 0 Å². The first kappa shape index (κ1) is 19.7. The van der Waals surface area contributed by atoms with Crippen LogP contribution in [0, 0.1) is 0 Å². The Morgan fingerprint density at radius 3 is 2.48 bits per heavy atom. The predicted molar refractivity (Wildman–Crippen MR) is 107 cm³/mol. The van der Waals surface area contributed by atoms with Gasteiger partial charge in [-0.2, -0.15) is 0 Å². The predicted octanol–water partition coefficient (Wildman–Crippen LogP) is 3.50. The molecule has 1 aromatic carbocycles. The summed E-state index contributed by atoms with van der Waals surface area (Å²) < 4.78 is 33.3. The Balaban J connectivity index is 1.64. The largest absolute Gasteiger partial charge is 0.494 e. The van der Waals surface area contributed by atoms with E-state index in [0.29, 0.717) is 18.0 Å². The van der Waals surface area contributed by atoms with Crippen molar-refractivity contribution in [1.29, 1.82) is 0 Å². The molecule has 8 heteroatoms. The van der Waals surface area contributed by atoms with E-state index in [2.05, 4.69) is 4.72 Å². The van der Waals surface area contributed by atoms with Gasteiger partial charge in [0.15, 0.2) is 0 Å². The highest BCUT2D eigenvalue weighted by Gasteiger charge is 2.21. The first-order valence-corrected chi connectivity index (χ1v) is 11.4. The molecular formula is C19H24N2O4S2. The number of piperidine rings is 1. The van der Waals surface area contributed by atoms with Gasteiger partial charge < -0.3 is 9.64 Å². The molecule has 1 N–H and O–H groups in total. The van der Waals surface area contributed by atoms with Gasteiger partial charge in [0.2, 0.25) is 5.91 Å². The SMILES string of the molecule is CCOc1ccc(NS(=O)(=O)c2ccc(CC(=O)N3CCCCC3)s2)cc1. The van der Waals surface area contributed by atoms with Crippen molar-refractivity contribution in [2.45, 2.75) is 36.8 Å². The molecule has 2 aromatic rings. The average molecular weight is 409 g/mol. The standard InChI is InChI=1S/C19H24N2O4S2/c1-2-25-16-8-6-15(7-9-16)20-27(23,24)19-11-10-17(26-19)14-18(22)21-12-4-3-5-13-21/h6-11,20H,2-5,12-14H2,1H3. The lowest BCUT2D eigenvalue weighted by Gasteiger charge is -2.26. The first-order chi connectivity index (χ1) is 13.0. The van der Waals surface area contributed by atoms with Gasteiger partial charge >= 0.3 is 0 Å². The number of sulfonamides is 1. The van der Waals surface area contributed by atoms with Crippen molar-refractivity contribution >= 4 is 33.0 Å². The highest BCUT2D eigenvalue weighted by Crippen LogP contribution is 2.26. The maximum Gasteiger partial charge on any atom is 0.271 e. The van der Waals surface area contributed by atoms with E-state index in [-0.39, 0.29) is 16.5 Å². The third-order valence-electron chi connectivity index (χ3n) is 4.35. The number of ether oxygens (including phenoxy) is 1. The highest BCUT2D eigenvalue weighted by atomic mass is 32.2. The number of carbonyl (C=O) groups excluding carboxylic acids is 1. The molecule has 1 saturated heterocycles. The fourth-order valence-corrected chi connectivity index (χ4v) is 5.40. The van der Waals surface area contributed by atoms with Crippen LogP contribution in [0.25, 0.3) is 0 Å². The van der Waals surface area contributed by atoms with Gasteiger partial charge in [-0.05, 0) is 62.6 Å². The monoisotopic (exact) mass is 408 g/mol. The van der Waals surface area contributed by atoms with Crippen LogP contribution in [0.3, 0.4) is 0 Å². The minimum absolute atomic E-state index is 0.0694. The average Bonchev–Trinajstić information content (AvgIpc) is 3.14. The van der Waals surface area contributed by atoms with Crippen molar-refractivity contribution in [2.24, 2.45) is 0 Å². The van der Waals surface area contributed by atoms with E-state index < -0.39 is 10.0 Å². The van der Waals surface area contributed by atoms with Gasteiger partial charge in [0.05, 0.1) is 13.0 Å². The van der Waals surface area contributed by atoms with Crippen LogP contribution in [0.5, 0.6) is 5.75 Å². The van der Waals surface area contributed by atoms with Crippen LogP contribution in [-0.2, 0) is 21.2 Å². The zero-order chi connectivity index (χ0) is 19.3. The molecule has 0 aliphatic carbocycles. The highest BCUT2D eigenvalue weighted by molar-refractivity contribution is 7.94. The fraction of sp³-hybridized carbons (Fsp3) is 0.421. The molecule has 2 heterocycles. The van der Waals surface area contributed by atoms with E-state index in [0.717, 1.165) is 42.1 Å². The zero-order valence-corrected chi connectivity index (χ0v) is 16.9. The summed E-state index contributed by atoms with van der Waals surface area (Å²) in [5.74, 6) is 0.759. The number of amides is 1. The van der Waals surface area contributed by atoms with Crippen LogP contribution < -0.4 is 9.46 Å². The molecule has 3 rings (SSSR count).